The molecule has 0 aliphatic carbocycles. The van der Waals surface area contributed by atoms with Gasteiger partial charge >= 0.3 is 0 Å². The smallest absolute Gasteiger partial charge is 0.248 e. The fraction of sp³-hybridized carbons (Fsp3) is 0.217. The molecule has 6 nitrogen and oxygen atoms in total. The van der Waals surface area contributed by atoms with Crippen molar-refractivity contribution in [1.82, 2.24) is 4.98 Å². The monoisotopic (exact) mass is 423 g/mol. The number of carbonyl (C=O) groups excluding carboxylic acids is 1. The molecule has 1 aromatic heterocycles. The van der Waals surface area contributed by atoms with Gasteiger partial charge in [-0.15, -0.1) is 0 Å². The Bertz CT molecular complexity index is 1070. The van der Waals surface area contributed by atoms with Gasteiger partial charge in [0, 0.05) is 18.1 Å². The van der Waals surface area contributed by atoms with Gasteiger partial charge in [-0.05, 0) is 60.4 Å². The van der Waals surface area contributed by atoms with Gasteiger partial charge in [0.05, 0.1) is 11.9 Å². The highest BCUT2D eigenvalue weighted by atomic mass is 32.2. The molecular weight excluding hydrogens is 398 g/mol. The molecule has 30 heavy (non-hydrogen) atoms. The first-order chi connectivity index (χ1) is 14.4. The summed E-state index contributed by atoms with van der Waals surface area (Å²) >= 11 is 0. The standard InChI is InChI=1S/C23H25N3O3S/c1-3-22(26(30(2,28)29)21-7-5-4-6-8-21)23(27)25-20-11-9-18(10-12-20)17-19-13-15-24-16-14-19/h4-16,22H,3,17H2,1-2H3,(H,25,27)/t22-/m0/s1. The zero-order valence-corrected chi connectivity index (χ0v) is 17.8. The van der Waals surface area contributed by atoms with Crippen molar-refractivity contribution < 1.29 is 13.2 Å². The molecule has 1 N–H and O–H groups in total. The summed E-state index contributed by atoms with van der Waals surface area (Å²) in [7, 11) is -3.64. The van der Waals surface area contributed by atoms with Crippen molar-refractivity contribution >= 4 is 27.3 Å². The van der Waals surface area contributed by atoms with E-state index < -0.39 is 16.1 Å². The van der Waals surface area contributed by atoms with E-state index in [1.54, 1.807) is 49.6 Å². The number of nitrogens with zero attached hydrogens (tertiary/aromatic N) is 2. The Morgan fingerprint density at radius 3 is 2.13 bits per heavy atom. The van der Waals surface area contributed by atoms with Gasteiger partial charge in [-0.1, -0.05) is 37.3 Å². The van der Waals surface area contributed by atoms with Crippen molar-refractivity contribution in [2.75, 3.05) is 15.9 Å². The van der Waals surface area contributed by atoms with Crippen molar-refractivity contribution in [2.24, 2.45) is 0 Å². The topological polar surface area (TPSA) is 79.4 Å². The summed E-state index contributed by atoms with van der Waals surface area (Å²) in [6.45, 7) is 1.79. The number of anilines is 2. The van der Waals surface area contributed by atoms with Crippen LogP contribution in [0.2, 0.25) is 0 Å². The molecule has 3 rings (SSSR count). The number of aromatic nitrogens is 1. The molecule has 0 fully saturated rings. The van der Waals surface area contributed by atoms with Crippen LogP contribution in [0.3, 0.4) is 0 Å². The van der Waals surface area contributed by atoms with Crippen molar-refractivity contribution in [1.29, 1.82) is 0 Å². The van der Waals surface area contributed by atoms with E-state index in [4.69, 9.17) is 0 Å². The van der Waals surface area contributed by atoms with Crippen LogP contribution in [-0.4, -0.2) is 31.6 Å². The summed E-state index contributed by atoms with van der Waals surface area (Å²) in [5.41, 5.74) is 3.35. The summed E-state index contributed by atoms with van der Waals surface area (Å²) < 4.78 is 26.1. The Kier molecular flexibility index (Phi) is 6.84. The maximum absolute atomic E-state index is 13.0. The van der Waals surface area contributed by atoms with Gasteiger partial charge in [-0.2, -0.15) is 0 Å². The second-order valence-corrected chi connectivity index (χ2v) is 8.90. The normalized spacial score (nSPS) is 12.2. The molecule has 0 spiro atoms. The fourth-order valence-corrected chi connectivity index (χ4v) is 4.51. The lowest BCUT2D eigenvalue weighted by atomic mass is 10.1. The molecule has 0 saturated heterocycles. The molecule has 156 valence electrons. The predicted molar refractivity (Wildman–Crippen MR) is 120 cm³/mol. The number of carbonyl (C=O) groups is 1. The van der Waals surface area contributed by atoms with Crippen molar-refractivity contribution in [3.8, 4) is 0 Å². The van der Waals surface area contributed by atoms with Gasteiger partial charge in [0.25, 0.3) is 0 Å². The number of amides is 1. The zero-order chi connectivity index (χ0) is 21.6. The molecule has 0 unspecified atom stereocenters. The predicted octanol–water partition coefficient (Wildman–Crippen LogP) is 3.86. The van der Waals surface area contributed by atoms with Crippen LogP contribution in [0.15, 0.2) is 79.1 Å². The average molecular weight is 424 g/mol. The van der Waals surface area contributed by atoms with E-state index in [0.29, 0.717) is 17.8 Å². The lowest BCUT2D eigenvalue weighted by Crippen LogP contribution is -2.46. The van der Waals surface area contributed by atoms with Gasteiger partial charge < -0.3 is 5.32 Å². The van der Waals surface area contributed by atoms with Crippen LogP contribution >= 0.6 is 0 Å². The summed E-state index contributed by atoms with van der Waals surface area (Å²) in [4.78, 5) is 17.0. The Morgan fingerprint density at radius 1 is 0.967 bits per heavy atom. The quantitative estimate of drug-likeness (QED) is 0.597. The van der Waals surface area contributed by atoms with Crippen LogP contribution in [0.1, 0.15) is 24.5 Å². The molecule has 3 aromatic rings. The summed E-state index contributed by atoms with van der Waals surface area (Å²) in [5.74, 6) is -0.367. The number of hydrogen-bond donors (Lipinski definition) is 1. The van der Waals surface area contributed by atoms with Gasteiger partial charge in [-0.3, -0.25) is 14.1 Å². The largest absolute Gasteiger partial charge is 0.324 e. The molecule has 7 heteroatoms. The first-order valence-corrected chi connectivity index (χ1v) is 11.6. The molecule has 0 aliphatic rings. The highest BCUT2D eigenvalue weighted by Crippen LogP contribution is 2.23. The molecule has 0 bridgehead atoms. The maximum Gasteiger partial charge on any atom is 0.248 e. The number of benzene rings is 2. The number of nitrogens with one attached hydrogen (secondary N) is 1. The Hall–Kier alpha value is -3.19. The number of hydrogen-bond acceptors (Lipinski definition) is 4. The minimum absolute atomic E-state index is 0.341. The third-order valence-electron chi connectivity index (χ3n) is 4.72. The van der Waals surface area contributed by atoms with Crippen LogP contribution < -0.4 is 9.62 Å². The lowest BCUT2D eigenvalue weighted by molar-refractivity contribution is -0.117. The Labute approximate surface area is 177 Å². The fourth-order valence-electron chi connectivity index (χ4n) is 3.30. The third-order valence-corrected chi connectivity index (χ3v) is 5.90. The Balaban J connectivity index is 1.75. The molecule has 0 aliphatic heterocycles. The molecule has 2 aromatic carbocycles. The molecule has 1 heterocycles. The molecule has 1 atom stereocenters. The van der Waals surface area contributed by atoms with Crippen molar-refractivity contribution in [3.05, 3.63) is 90.3 Å². The number of para-hydroxylation sites is 1. The van der Waals surface area contributed by atoms with Gasteiger partial charge in [-0.25, -0.2) is 8.42 Å². The maximum atomic E-state index is 13.0. The van der Waals surface area contributed by atoms with Gasteiger partial charge in [0.2, 0.25) is 15.9 Å². The third kappa shape index (κ3) is 5.45. The SMILES string of the molecule is CC[C@@H](C(=O)Nc1ccc(Cc2ccncc2)cc1)N(c1ccccc1)S(C)(=O)=O. The number of sulfonamides is 1. The highest BCUT2D eigenvalue weighted by molar-refractivity contribution is 7.92. The van der Waals surface area contributed by atoms with Crippen LogP contribution in [0.25, 0.3) is 0 Å². The summed E-state index contributed by atoms with van der Waals surface area (Å²) in [5, 5.41) is 2.85. The first kappa shape index (κ1) is 21.5. The zero-order valence-electron chi connectivity index (χ0n) is 17.0. The average Bonchev–Trinajstić information content (AvgIpc) is 2.73. The van der Waals surface area contributed by atoms with E-state index in [1.165, 1.54) is 4.31 Å². The minimum atomic E-state index is -3.64. The molecular formula is C23H25N3O3S. The van der Waals surface area contributed by atoms with Crippen molar-refractivity contribution in [2.45, 2.75) is 25.8 Å². The first-order valence-electron chi connectivity index (χ1n) is 9.71. The van der Waals surface area contributed by atoms with E-state index >= 15 is 0 Å². The Morgan fingerprint density at radius 2 is 1.57 bits per heavy atom. The second-order valence-electron chi connectivity index (χ2n) is 7.04. The van der Waals surface area contributed by atoms with Crippen LogP contribution in [0.5, 0.6) is 0 Å². The molecule has 0 radical (unpaired) electrons. The van der Waals surface area contributed by atoms with E-state index in [1.807, 2.05) is 36.4 Å². The second kappa shape index (κ2) is 9.54. The number of rotatable bonds is 8. The summed E-state index contributed by atoms with van der Waals surface area (Å²) in [6, 6.07) is 19.3. The molecule has 1 amide bonds. The molecule has 0 saturated carbocycles. The van der Waals surface area contributed by atoms with E-state index in [-0.39, 0.29) is 5.91 Å². The van der Waals surface area contributed by atoms with Gasteiger partial charge in [0.1, 0.15) is 6.04 Å². The van der Waals surface area contributed by atoms with E-state index in [9.17, 15) is 13.2 Å². The van der Waals surface area contributed by atoms with Crippen LogP contribution in [0.4, 0.5) is 11.4 Å². The minimum Gasteiger partial charge on any atom is -0.324 e. The van der Waals surface area contributed by atoms with Gasteiger partial charge in [0.15, 0.2) is 0 Å². The highest BCUT2D eigenvalue weighted by Gasteiger charge is 2.31. The van der Waals surface area contributed by atoms with Crippen molar-refractivity contribution in [3.63, 3.8) is 0 Å². The summed E-state index contributed by atoms with van der Waals surface area (Å²) in [6.07, 6.45) is 5.74. The van der Waals surface area contributed by atoms with Crippen LogP contribution in [-0.2, 0) is 21.2 Å². The number of pyridine rings is 1. The van der Waals surface area contributed by atoms with Crippen LogP contribution in [0, 0.1) is 0 Å². The van der Waals surface area contributed by atoms with E-state index in [0.717, 1.165) is 23.8 Å². The van der Waals surface area contributed by atoms with E-state index in [2.05, 4.69) is 10.3 Å². The lowest BCUT2D eigenvalue weighted by Gasteiger charge is -2.30.